The number of carbonyl (C=O) groups is 1. The summed E-state index contributed by atoms with van der Waals surface area (Å²) in [6, 6.07) is 12.0. The highest BCUT2D eigenvalue weighted by atomic mass is 79.9. The predicted molar refractivity (Wildman–Crippen MR) is 75.2 cm³/mol. The number of ketones is 1. The van der Waals surface area contributed by atoms with Crippen LogP contribution in [0.25, 0.3) is 6.08 Å². The zero-order valence-corrected chi connectivity index (χ0v) is 11.3. The minimum absolute atomic E-state index is 0.0775. The number of hydrogen-bond donors (Lipinski definition) is 1. The molecule has 0 unspecified atom stereocenters. The molecule has 3 nitrogen and oxygen atoms in total. The van der Waals surface area contributed by atoms with Crippen molar-refractivity contribution in [3.8, 4) is 11.5 Å². The topological polar surface area (TPSA) is 46.5 Å². The van der Waals surface area contributed by atoms with E-state index >= 15 is 0 Å². The molecule has 2 aromatic rings. The molecule has 1 heterocycles. The van der Waals surface area contributed by atoms with Gasteiger partial charge in [0.05, 0.1) is 5.56 Å². The zero-order valence-electron chi connectivity index (χ0n) is 9.76. The number of fused-ring (bicyclic) bond motifs is 1. The highest BCUT2D eigenvalue weighted by molar-refractivity contribution is 9.10. The van der Waals surface area contributed by atoms with Crippen LogP contribution in [0.1, 0.15) is 15.9 Å². The Bertz CT molecular complexity index is 704. The Morgan fingerprint density at radius 1 is 1.16 bits per heavy atom. The molecule has 3 rings (SSSR count). The molecular formula is C15H9BrO3. The highest BCUT2D eigenvalue weighted by Crippen LogP contribution is 2.34. The van der Waals surface area contributed by atoms with E-state index in [1.165, 1.54) is 12.1 Å². The number of aromatic hydroxyl groups is 1. The predicted octanol–water partition coefficient (Wildman–Crippen LogP) is 3.77. The van der Waals surface area contributed by atoms with Crippen molar-refractivity contribution in [3.63, 3.8) is 0 Å². The first-order valence-corrected chi connectivity index (χ1v) is 6.46. The molecule has 0 aliphatic carbocycles. The lowest BCUT2D eigenvalue weighted by atomic mass is 10.1. The third-order valence-corrected chi connectivity index (χ3v) is 3.57. The Balaban J connectivity index is 2.02. The van der Waals surface area contributed by atoms with Crippen LogP contribution in [-0.4, -0.2) is 10.9 Å². The van der Waals surface area contributed by atoms with Crippen molar-refractivity contribution in [2.75, 3.05) is 0 Å². The molecule has 0 fully saturated rings. The van der Waals surface area contributed by atoms with E-state index in [2.05, 4.69) is 15.9 Å². The van der Waals surface area contributed by atoms with E-state index in [0.29, 0.717) is 11.3 Å². The molecule has 1 aliphatic heterocycles. The average molecular weight is 317 g/mol. The van der Waals surface area contributed by atoms with Crippen molar-refractivity contribution in [2.24, 2.45) is 0 Å². The van der Waals surface area contributed by atoms with E-state index in [1.807, 2.05) is 24.3 Å². The fourth-order valence-corrected chi connectivity index (χ4v) is 2.31. The van der Waals surface area contributed by atoms with E-state index in [-0.39, 0.29) is 17.3 Å². The van der Waals surface area contributed by atoms with Crippen LogP contribution in [0.5, 0.6) is 11.5 Å². The molecule has 19 heavy (non-hydrogen) atoms. The van der Waals surface area contributed by atoms with Crippen molar-refractivity contribution in [3.05, 3.63) is 63.8 Å². The maximum Gasteiger partial charge on any atom is 0.231 e. The third kappa shape index (κ3) is 2.15. The zero-order chi connectivity index (χ0) is 13.4. The van der Waals surface area contributed by atoms with Gasteiger partial charge in [0, 0.05) is 10.5 Å². The molecule has 0 aromatic heterocycles. The minimum atomic E-state index is -0.175. The van der Waals surface area contributed by atoms with Gasteiger partial charge in [0.15, 0.2) is 5.76 Å². The lowest BCUT2D eigenvalue weighted by Crippen LogP contribution is -1.98. The van der Waals surface area contributed by atoms with Gasteiger partial charge >= 0.3 is 0 Å². The SMILES string of the molecule is O=C1/C(=C\c2ccccc2Br)Oc2cc(O)ccc21. The Labute approximate surface area is 118 Å². The number of rotatable bonds is 1. The number of carbonyl (C=O) groups excluding carboxylic acids is 1. The standard InChI is InChI=1S/C15H9BrO3/c16-12-4-2-1-3-9(12)7-14-15(18)11-6-5-10(17)8-13(11)19-14/h1-8,17H/b14-7+. The van der Waals surface area contributed by atoms with Gasteiger partial charge in [0.1, 0.15) is 11.5 Å². The van der Waals surface area contributed by atoms with Gasteiger partial charge in [-0.15, -0.1) is 0 Å². The molecule has 1 aliphatic rings. The second-order valence-corrected chi connectivity index (χ2v) is 5.00. The Morgan fingerprint density at radius 3 is 2.74 bits per heavy atom. The number of ether oxygens (including phenoxy) is 1. The van der Waals surface area contributed by atoms with E-state index < -0.39 is 0 Å². The first kappa shape index (κ1) is 12.0. The Hall–Kier alpha value is -2.07. The summed E-state index contributed by atoms with van der Waals surface area (Å²) in [6.45, 7) is 0. The van der Waals surface area contributed by atoms with E-state index in [1.54, 1.807) is 12.1 Å². The Morgan fingerprint density at radius 2 is 1.95 bits per heavy atom. The number of halogens is 1. The van der Waals surface area contributed by atoms with Gasteiger partial charge in [-0.3, -0.25) is 4.79 Å². The van der Waals surface area contributed by atoms with Gasteiger partial charge in [-0.25, -0.2) is 0 Å². The minimum Gasteiger partial charge on any atom is -0.508 e. The van der Waals surface area contributed by atoms with Crippen molar-refractivity contribution in [1.82, 2.24) is 0 Å². The molecule has 2 aromatic carbocycles. The van der Waals surface area contributed by atoms with Crippen LogP contribution in [0.15, 0.2) is 52.7 Å². The molecule has 1 N–H and O–H groups in total. The maximum atomic E-state index is 12.1. The van der Waals surface area contributed by atoms with Gasteiger partial charge in [-0.1, -0.05) is 34.1 Å². The Kier molecular flexibility index (Phi) is 2.87. The van der Waals surface area contributed by atoms with Crippen LogP contribution in [0.3, 0.4) is 0 Å². The van der Waals surface area contributed by atoms with Crippen LogP contribution in [0, 0.1) is 0 Å². The summed E-state index contributed by atoms with van der Waals surface area (Å²) in [7, 11) is 0. The van der Waals surface area contributed by atoms with Crippen LogP contribution < -0.4 is 4.74 Å². The molecule has 0 atom stereocenters. The van der Waals surface area contributed by atoms with E-state index in [9.17, 15) is 9.90 Å². The van der Waals surface area contributed by atoms with Crippen molar-refractivity contribution < 1.29 is 14.6 Å². The monoisotopic (exact) mass is 316 g/mol. The normalized spacial score (nSPS) is 15.4. The quantitative estimate of drug-likeness (QED) is 0.815. The van der Waals surface area contributed by atoms with Crippen molar-refractivity contribution in [2.45, 2.75) is 0 Å². The summed E-state index contributed by atoms with van der Waals surface area (Å²) < 4.78 is 6.38. The molecule has 0 amide bonds. The van der Waals surface area contributed by atoms with Gasteiger partial charge in [0.2, 0.25) is 5.78 Å². The summed E-state index contributed by atoms with van der Waals surface area (Å²) in [5.74, 6) is 0.551. The van der Waals surface area contributed by atoms with Gasteiger partial charge < -0.3 is 9.84 Å². The fraction of sp³-hybridized carbons (Fsp3) is 0. The lowest BCUT2D eigenvalue weighted by molar-refractivity contribution is 0.101. The fourth-order valence-electron chi connectivity index (χ4n) is 1.91. The van der Waals surface area contributed by atoms with Crippen LogP contribution >= 0.6 is 15.9 Å². The molecular weight excluding hydrogens is 308 g/mol. The largest absolute Gasteiger partial charge is 0.508 e. The summed E-state index contributed by atoms with van der Waals surface area (Å²) >= 11 is 3.42. The summed E-state index contributed by atoms with van der Waals surface area (Å²) in [5, 5.41) is 9.38. The van der Waals surface area contributed by atoms with Crippen LogP contribution in [-0.2, 0) is 0 Å². The average Bonchev–Trinajstić information content (AvgIpc) is 2.68. The second-order valence-electron chi connectivity index (χ2n) is 4.14. The number of benzene rings is 2. The smallest absolute Gasteiger partial charge is 0.231 e. The first-order valence-electron chi connectivity index (χ1n) is 5.67. The molecule has 0 saturated carbocycles. The van der Waals surface area contributed by atoms with Gasteiger partial charge in [0.25, 0.3) is 0 Å². The third-order valence-electron chi connectivity index (χ3n) is 2.85. The molecule has 0 bridgehead atoms. The highest BCUT2D eigenvalue weighted by Gasteiger charge is 2.27. The van der Waals surface area contributed by atoms with Crippen molar-refractivity contribution >= 4 is 27.8 Å². The molecule has 0 saturated heterocycles. The number of phenols is 1. The summed E-state index contributed by atoms with van der Waals surface area (Å²) in [5.41, 5.74) is 1.33. The number of hydrogen-bond acceptors (Lipinski definition) is 3. The number of allylic oxidation sites excluding steroid dienone is 1. The van der Waals surface area contributed by atoms with E-state index in [4.69, 9.17) is 4.74 Å². The molecule has 94 valence electrons. The summed E-state index contributed by atoms with van der Waals surface area (Å²) in [6.07, 6.45) is 1.68. The number of phenolic OH excluding ortho intramolecular Hbond substituents is 1. The van der Waals surface area contributed by atoms with Crippen molar-refractivity contribution in [1.29, 1.82) is 0 Å². The van der Waals surface area contributed by atoms with Gasteiger partial charge in [-0.2, -0.15) is 0 Å². The summed E-state index contributed by atoms with van der Waals surface area (Å²) in [4.78, 5) is 12.1. The number of Topliss-reactive ketones (excluding diaryl/α,β-unsaturated/α-hetero) is 1. The second kappa shape index (κ2) is 4.55. The maximum absolute atomic E-state index is 12.1. The molecule has 0 radical (unpaired) electrons. The van der Waals surface area contributed by atoms with Crippen LogP contribution in [0.2, 0.25) is 0 Å². The molecule has 0 spiro atoms. The van der Waals surface area contributed by atoms with Crippen LogP contribution in [0.4, 0.5) is 0 Å². The van der Waals surface area contributed by atoms with E-state index in [0.717, 1.165) is 10.0 Å². The van der Waals surface area contributed by atoms with Gasteiger partial charge in [-0.05, 0) is 29.8 Å². The molecule has 4 heteroatoms. The first-order chi connectivity index (χ1) is 9.15. The lowest BCUT2D eigenvalue weighted by Gasteiger charge is -2.00.